The number of benzene rings is 1. The summed E-state index contributed by atoms with van der Waals surface area (Å²) in [5.41, 5.74) is 1.62. The van der Waals surface area contributed by atoms with Crippen molar-refractivity contribution in [1.29, 1.82) is 15.8 Å². The molecule has 0 saturated carbocycles. The van der Waals surface area contributed by atoms with E-state index in [1.807, 2.05) is 12.1 Å². The van der Waals surface area contributed by atoms with Gasteiger partial charge in [-0.05, 0) is 17.7 Å². The second-order valence-corrected chi connectivity index (χ2v) is 4.92. The van der Waals surface area contributed by atoms with Gasteiger partial charge in [0.15, 0.2) is 11.4 Å². The van der Waals surface area contributed by atoms with Gasteiger partial charge in [-0.15, -0.1) is 0 Å². The Hall–Kier alpha value is -3.71. The third-order valence-electron chi connectivity index (χ3n) is 3.31. The van der Waals surface area contributed by atoms with E-state index < -0.39 is 0 Å². The first kappa shape index (κ1) is 14.2. The molecule has 1 aliphatic carbocycles. The molecule has 0 aliphatic heterocycles. The van der Waals surface area contributed by atoms with E-state index in [1.54, 1.807) is 24.3 Å². The zero-order chi connectivity index (χ0) is 16.6. The van der Waals surface area contributed by atoms with Crippen LogP contribution in [0.1, 0.15) is 22.6 Å². The Bertz CT molecular complexity index is 1050. The molecule has 1 aromatic carbocycles. The summed E-state index contributed by atoms with van der Waals surface area (Å²) in [7, 11) is 0. The van der Waals surface area contributed by atoms with Crippen molar-refractivity contribution in [3.05, 3.63) is 63.0 Å². The summed E-state index contributed by atoms with van der Waals surface area (Å²) in [5, 5.41) is 27.9. The van der Waals surface area contributed by atoms with Crippen LogP contribution in [0.15, 0.2) is 23.9 Å². The Morgan fingerprint density at radius 1 is 1.04 bits per heavy atom. The monoisotopic (exact) mass is 314 g/mol. The number of aromatic nitrogens is 2. The first-order valence-electron chi connectivity index (χ1n) is 6.19. The first-order valence-corrected chi connectivity index (χ1v) is 6.57. The summed E-state index contributed by atoms with van der Waals surface area (Å²) in [6.07, 6.45) is 0. The maximum absolute atomic E-state index is 9.21. The maximum atomic E-state index is 9.21. The molecule has 0 radical (unpaired) electrons. The summed E-state index contributed by atoms with van der Waals surface area (Å²) < 4.78 is 0. The number of nitriles is 3. The lowest BCUT2D eigenvalue weighted by Crippen LogP contribution is -2.00. The largest absolute Gasteiger partial charge is 0.271 e. The second-order valence-electron chi connectivity index (χ2n) is 4.48. The predicted octanol–water partition coefficient (Wildman–Crippen LogP) is 3.06. The molecule has 1 aliphatic rings. The molecule has 1 heterocycles. The fourth-order valence-corrected chi connectivity index (χ4v) is 2.56. The summed E-state index contributed by atoms with van der Waals surface area (Å²) >= 11 is 6.01. The third kappa shape index (κ3) is 2.00. The van der Waals surface area contributed by atoms with Crippen LogP contribution in [0.5, 0.6) is 0 Å². The van der Waals surface area contributed by atoms with Crippen molar-refractivity contribution in [3.8, 4) is 29.5 Å². The SMILES string of the molecule is [C-]#[N+]/C(C#N)=C1\c2cc(Cl)ccc2-c2nc(C#N)c(C#N)nc21. The fraction of sp³-hybridized carbons (Fsp3) is 0. The molecule has 0 N–H and O–H groups in total. The van der Waals surface area contributed by atoms with Gasteiger partial charge >= 0.3 is 0 Å². The van der Waals surface area contributed by atoms with Crippen LogP contribution in [-0.2, 0) is 0 Å². The summed E-state index contributed by atoms with van der Waals surface area (Å²) in [6.45, 7) is 7.18. The van der Waals surface area contributed by atoms with Crippen LogP contribution in [0.4, 0.5) is 0 Å². The summed E-state index contributed by atoms with van der Waals surface area (Å²) in [6, 6.07) is 10.4. The van der Waals surface area contributed by atoms with Crippen LogP contribution in [0.2, 0.25) is 5.02 Å². The number of rotatable bonds is 0. The van der Waals surface area contributed by atoms with Gasteiger partial charge in [0, 0.05) is 16.2 Å². The molecule has 7 heteroatoms. The van der Waals surface area contributed by atoms with Gasteiger partial charge in [0.2, 0.25) is 0 Å². The summed E-state index contributed by atoms with van der Waals surface area (Å²) in [5.74, 6) is 0. The van der Waals surface area contributed by atoms with Crippen LogP contribution < -0.4 is 0 Å². The minimum absolute atomic E-state index is 0.102. The number of halogens is 1. The van der Waals surface area contributed by atoms with Gasteiger partial charge in [0.05, 0.1) is 24.0 Å². The zero-order valence-corrected chi connectivity index (χ0v) is 12.0. The van der Waals surface area contributed by atoms with Gasteiger partial charge < -0.3 is 0 Å². The van der Waals surface area contributed by atoms with E-state index in [1.165, 1.54) is 0 Å². The highest BCUT2D eigenvalue weighted by molar-refractivity contribution is 6.31. The molecule has 0 unspecified atom stereocenters. The van der Waals surface area contributed by atoms with E-state index >= 15 is 0 Å². The van der Waals surface area contributed by atoms with Crippen molar-refractivity contribution in [3.63, 3.8) is 0 Å². The number of hydrogen-bond donors (Lipinski definition) is 0. The van der Waals surface area contributed by atoms with E-state index in [-0.39, 0.29) is 28.4 Å². The Kier molecular flexibility index (Phi) is 3.25. The van der Waals surface area contributed by atoms with Crippen molar-refractivity contribution in [2.24, 2.45) is 0 Å². The minimum atomic E-state index is -0.171. The van der Waals surface area contributed by atoms with Crippen molar-refractivity contribution < 1.29 is 0 Å². The molecular formula is C16H3ClN6. The lowest BCUT2D eigenvalue weighted by Gasteiger charge is -2.02. The van der Waals surface area contributed by atoms with Crippen LogP contribution in [-0.4, -0.2) is 9.97 Å². The average Bonchev–Trinajstić information content (AvgIpc) is 2.87. The highest BCUT2D eigenvalue weighted by atomic mass is 35.5. The Morgan fingerprint density at radius 3 is 2.26 bits per heavy atom. The maximum Gasteiger partial charge on any atom is 0.271 e. The molecule has 3 rings (SSSR count). The van der Waals surface area contributed by atoms with E-state index in [2.05, 4.69) is 14.8 Å². The Morgan fingerprint density at radius 2 is 1.70 bits per heavy atom. The van der Waals surface area contributed by atoms with E-state index in [4.69, 9.17) is 28.7 Å². The summed E-state index contributed by atoms with van der Waals surface area (Å²) in [4.78, 5) is 11.5. The highest BCUT2D eigenvalue weighted by Crippen LogP contribution is 2.45. The van der Waals surface area contributed by atoms with E-state index in [0.717, 1.165) is 0 Å². The molecule has 23 heavy (non-hydrogen) atoms. The molecule has 0 bridgehead atoms. The van der Waals surface area contributed by atoms with Gasteiger partial charge in [-0.2, -0.15) is 10.5 Å². The standard InChI is InChI=1S/C16H3ClN6/c1-21-13(7-20)14-10-4-8(17)2-3-9(10)15-16(14)23-12(6-19)11(5-18)22-15/h2-4H/b14-13+. The molecule has 1 aromatic heterocycles. The van der Waals surface area contributed by atoms with Crippen LogP contribution in [0.25, 0.3) is 21.7 Å². The van der Waals surface area contributed by atoms with Gasteiger partial charge in [-0.1, -0.05) is 17.7 Å². The number of hydrogen-bond acceptors (Lipinski definition) is 5. The zero-order valence-electron chi connectivity index (χ0n) is 11.3. The molecule has 0 fully saturated rings. The molecule has 2 aromatic rings. The van der Waals surface area contributed by atoms with Crippen molar-refractivity contribution in [2.45, 2.75) is 0 Å². The highest BCUT2D eigenvalue weighted by Gasteiger charge is 2.31. The van der Waals surface area contributed by atoms with Crippen molar-refractivity contribution in [2.75, 3.05) is 0 Å². The van der Waals surface area contributed by atoms with E-state index in [0.29, 0.717) is 21.8 Å². The number of nitrogens with zero attached hydrogens (tertiary/aromatic N) is 6. The topological polar surface area (TPSA) is 102 Å². The molecule has 0 saturated heterocycles. The quantitative estimate of drug-likeness (QED) is 0.468. The molecule has 0 atom stereocenters. The minimum Gasteiger partial charge on any atom is -0.233 e. The fourth-order valence-electron chi connectivity index (χ4n) is 2.39. The molecule has 6 nitrogen and oxygen atoms in total. The first-order chi connectivity index (χ1) is 11.1. The van der Waals surface area contributed by atoms with Gasteiger partial charge in [0.25, 0.3) is 5.70 Å². The van der Waals surface area contributed by atoms with Gasteiger partial charge in [-0.25, -0.2) is 20.1 Å². The lowest BCUT2D eigenvalue weighted by molar-refractivity contribution is 1.12. The Labute approximate surface area is 136 Å². The molecule has 0 spiro atoms. The van der Waals surface area contributed by atoms with Gasteiger partial charge in [0.1, 0.15) is 12.1 Å². The van der Waals surface area contributed by atoms with Crippen molar-refractivity contribution >= 4 is 17.2 Å². The Balaban J connectivity index is 2.50. The molecule has 104 valence electrons. The average molecular weight is 315 g/mol. The van der Waals surface area contributed by atoms with Crippen LogP contribution >= 0.6 is 11.6 Å². The lowest BCUT2D eigenvalue weighted by atomic mass is 10.0. The number of fused-ring (bicyclic) bond motifs is 3. The molecule has 0 amide bonds. The third-order valence-corrected chi connectivity index (χ3v) is 3.54. The normalized spacial score (nSPS) is 12.9. The molecular weight excluding hydrogens is 312 g/mol. The second kappa shape index (κ2) is 5.24. The smallest absolute Gasteiger partial charge is 0.233 e. The van der Waals surface area contributed by atoms with Crippen molar-refractivity contribution in [1.82, 2.24) is 9.97 Å². The van der Waals surface area contributed by atoms with E-state index in [9.17, 15) is 5.26 Å². The van der Waals surface area contributed by atoms with Gasteiger partial charge in [-0.3, -0.25) is 0 Å². The van der Waals surface area contributed by atoms with Crippen LogP contribution in [0, 0.1) is 40.6 Å². The predicted molar refractivity (Wildman–Crippen MR) is 80.1 cm³/mol. The number of allylic oxidation sites excluding steroid dienone is 1. The van der Waals surface area contributed by atoms with Crippen LogP contribution in [0.3, 0.4) is 0 Å².